The molecule has 166 valence electrons. The van der Waals surface area contributed by atoms with Gasteiger partial charge in [0.15, 0.2) is 0 Å². The van der Waals surface area contributed by atoms with Crippen molar-refractivity contribution in [1.82, 2.24) is 0 Å². The molecule has 1 saturated heterocycles. The number of halogens is 2. The summed E-state index contributed by atoms with van der Waals surface area (Å²) in [7, 11) is 0. The van der Waals surface area contributed by atoms with Crippen LogP contribution in [0.2, 0.25) is 5.02 Å². The van der Waals surface area contributed by atoms with E-state index in [9.17, 15) is 18.8 Å². The highest BCUT2D eigenvalue weighted by molar-refractivity contribution is 8.02. The van der Waals surface area contributed by atoms with E-state index < -0.39 is 16.6 Å². The zero-order chi connectivity index (χ0) is 23.2. The summed E-state index contributed by atoms with van der Waals surface area (Å²) in [6, 6.07) is 19.3. The Morgan fingerprint density at radius 3 is 2.58 bits per heavy atom. The maximum atomic E-state index is 13.9. The molecule has 33 heavy (non-hydrogen) atoms. The third kappa shape index (κ3) is 3.55. The van der Waals surface area contributed by atoms with Crippen LogP contribution in [-0.4, -0.2) is 30.0 Å². The van der Waals surface area contributed by atoms with Gasteiger partial charge < -0.3 is 5.32 Å². The summed E-state index contributed by atoms with van der Waals surface area (Å²) in [6.45, 7) is -0.257. The molecule has 2 heterocycles. The lowest BCUT2D eigenvalue weighted by Gasteiger charge is -2.33. The maximum Gasteiger partial charge on any atom is 0.269 e. The largest absolute Gasteiger partial charge is 0.325 e. The first-order valence-corrected chi connectivity index (χ1v) is 11.5. The molecule has 3 aromatic rings. The number of carbonyl (C=O) groups is 3. The van der Waals surface area contributed by atoms with Crippen molar-refractivity contribution >= 4 is 58.1 Å². The maximum absolute atomic E-state index is 13.9. The molecule has 1 fully saturated rings. The number of benzene rings is 3. The summed E-state index contributed by atoms with van der Waals surface area (Å²) >= 11 is 7.40. The average Bonchev–Trinajstić information content (AvgIpc) is 3.26. The van der Waals surface area contributed by atoms with Crippen molar-refractivity contribution in [2.45, 2.75) is 4.87 Å². The molecular weight excluding hydrogens is 465 g/mol. The van der Waals surface area contributed by atoms with Crippen molar-refractivity contribution in [2.75, 3.05) is 27.4 Å². The molecule has 9 heteroatoms. The quantitative estimate of drug-likeness (QED) is 0.599. The van der Waals surface area contributed by atoms with E-state index >= 15 is 0 Å². The molecule has 0 unspecified atom stereocenters. The normalized spacial score (nSPS) is 19.3. The number of nitrogens with zero attached hydrogens (tertiary/aromatic N) is 2. The first kappa shape index (κ1) is 21.5. The molecule has 0 aliphatic carbocycles. The highest BCUT2D eigenvalue weighted by Crippen LogP contribution is 2.55. The molecule has 2 aliphatic rings. The van der Waals surface area contributed by atoms with Crippen LogP contribution in [0.3, 0.4) is 0 Å². The van der Waals surface area contributed by atoms with Gasteiger partial charge in [0.1, 0.15) is 12.4 Å². The SMILES string of the molecule is O=C(CN1C(=O)[C@@]2(SCC(=O)N2c2cccc(Cl)c2)c2ccccc21)Nc1ccc(F)cc1. The summed E-state index contributed by atoms with van der Waals surface area (Å²) in [5.41, 5.74) is 2.13. The van der Waals surface area contributed by atoms with Crippen molar-refractivity contribution < 1.29 is 18.8 Å². The van der Waals surface area contributed by atoms with Crippen LogP contribution in [0.4, 0.5) is 21.5 Å². The van der Waals surface area contributed by atoms with E-state index in [-0.39, 0.29) is 24.1 Å². The van der Waals surface area contributed by atoms with Gasteiger partial charge in [-0.15, -0.1) is 11.8 Å². The second-order valence-electron chi connectivity index (χ2n) is 7.61. The van der Waals surface area contributed by atoms with Gasteiger partial charge >= 0.3 is 0 Å². The zero-order valence-corrected chi connectivity index (χ0v) is 18.7. The molecule has 1 N–H and O–H groups in total. The van der Waals surface area contributed by atoms with Crippen molar-refractivity contribution in [3.05, 3.63) is 89.2 Å². The molecule has 1 spiro atoms. The Balaban J connectivity index is 1.51. The van der Waals surface area contributed by atoms with Gasteiger partial charge in [-0.05, 0) is 48.5 Å². The van der Waals surface area contributed by atoms with Gasteiger partial charge in [0.25, 0.3) is 5.91 Å². The Morgan fingerprint density at radius 2 is 1.82 bits per heavy atom. The van der Waals surface area contributed by atoms with Gasteiger partial charge in [0, 0.05) is 22.0 Å². The van der Waals surface area contributed by atoms with Crippen LogP contribution in [0.5, 0.6) is 0 Å². The molecule has 0 saturated carbocycles. The van der Waals surface area contributed by atoms with Gasteiger partial charge in [-0.25, -0.2) is 4.39 Å². The second-order valence-corrected chi connectivity index (χ2v) is 9.21. The molecule has 0 radical (unpaired) electrons. The predicted octanol–water partition coefficient (Wildman–Crippen LogP) is 4.40. The standard InChI is InChI=1S/C24H17ClFN3O3S/c25-15-4-3-5-18(12-15)29-22(31)14-33-24(29)19-6-1-2-7-20(19)28(23(24)32)13-21(30)27-17-10-8-16(26)9-11-17/h1-12H,13-14H2,(H,27,30)/t24-/m0/s1. The number of hydrogen-bond donors (Lipinski definition) is 1. The third-order valence-corrected chi connectivity index (χ3v) is 7.18. The van der Waals surface area contributed by atoms with Crippen LogP contribution in [0.1, 0.15) is 5.56 Å². The summed E-state index contributed by atoms with van der Waals surface area (Å²) in [4.78, 5) is 41.2. The molecule has 3 aromatic carbocycles. The van der Waals surface area contributed by atoms with Crippen molar-refractivity contribution in [3.8, 4) is 0 Å². The fourth-order valence-electron chi connectivity index (χ4n) is 4.20. The van der Waals surface area contributed by atoms with Crippen LogP contribution in [0.25, 0.3) is 0 Å². The zero-order valence-electron chi connectivity index (χ0n) is 17.1. The number of carbonyl (C=O) groups excluding carboxylic acids is 3. The topological polar surface area (TPSA) is 69.7 Å². The third-order valence-electron chi connectivity index (χ3n) is 5.56. The van der Waals surface area contributed by atoms with Gasteiger partial charge in [-0.1, -0.05) is 35.9 Å². The number of para-hydroxylation sites is 1. The minimum Gasteiger partial charge on any atom is -0.325 e. The van der Waals surface area contributed by atoms with Crippen LogP contribution in [0, 0.1) is 5.82 Å². The number of anilines is 3. The van der Waals surface area contributed by atoms with Crippen LogP contribution in [-0.2, 0) is 19.3 Å². The minimum absolute atomic E-state index is 0.113. The molecule has 6 nitrogen and oxygen atoms in total. The highest BCUT2D eigenvalue weighted by atomic mass is 35.5. The summed E-state index contributed by atoms with van der Waals surface area (Å²) in [5.74, 6) is -1.34. The van der Waals surface area contributed by atoms with E-state index in [0.717, 1.165) is 0 Å². The number of nitrogens with one attached hydrogen (secondary N) is 1. The number of hydrogen-bond acceptors (Lipinski definition) is 4. The number of fused-ring (bicyclic) bond motifs is 2. The lowest BCUT2D eigenvalue weighted by molar-refractivity contribution is -0.124. The Hall–Kier alpha value is -3.36. The van der Waals surface area contributed by atoms with E-state index in [2.05, 4.69) is 5.32 Å². The summed E-state index contributed by atoms with van der Waals surface area (Å²) in [5, 5.41) is 3.13. The van der Waals surface area contributed by atoms with Crippen LogP contribution >= 0.6 is 23.4 Å². The Bertz CT molecular complexity index is 1290. The highest BCUT2D eigenvalue weighted by Gasteiger charge is 2.61. The Morgan fingerprint density at radius 1 is 1.06 bits per heavy atom. The van der Waals surface area contributed by atoms with E-state index in [0.29, 0.717) is 27.6 Å². The minimum atomic E-state index is -1.32. The fraction of sp³-hybridized carbons (Fsp3) is 0.125. The molecule has 5 rings (SSSR count). The molecule has 3 amide bonds. The molecule has 1 atom stereocenters. The summed E-state index contributed by atoms with van der Waals surface area (Å²) in [6.07, 6.45) is 0. The Labute approximate surface area is 198 Å². The average molecular weight is 482 g/mol. The van der Waals surface area contributed by atoms with E-state index in [1.54, 1.807) is 48.5 Å². The van der Waals surface area contributed by atoms with E-state index in [1.807, 2.05) is 0 Å². The monoisotopic (exact) mass is 481 g/mol. The van der Waals surface area contributed by atoms with Gasteiger partial charge in [-0.3, -0.25) is 24.2 Å². The smallest absolute Gasteiger partial charge is 0.269 e. The van der Waals surface area contributed by atoms with Gasteiger partial charge in [-0.2, -0.15) is 0 Å². The first-order valence-electron chi connectivity index (χ1n) is 10.1. The molecule has 0 bridgehead atoms. The Kier molecular flexibility index (Phi) is 5.34. The lowest BCUT2D eigenvalue weighted by atomic mass is 10.0. The number of thioether (sulfide) groups is 1. The summed E-state index contributed by atoms with van der Waals surface area (Å²) < 4.78 is 13.2. The number of rotatable bonds is 4. The van der Waals surface area contributed by atoms with Crippen LogP contribution < -0.4 is 15.1 Å². The van der Waals surface area contributed by atoms with Crippen molar-refractivity contribution in [2.24, 2.45) is 0 Å². The lowest BCUT2D eigenvalue weighted by Crippen LogP contribution is -2.50. The van der Waals surface area contributed by atoms with Crippen LogP contribution in [0.15, 0.2) is 72.8 Å². The van der Waals surface area contributed by atoms with E-state index in [4.69, 9.17) is 11.6 Å². The predicted molar refractivity (Wildman–Crippen MR) is 127 cm³/mol. The number of amides is 3. The molecule has 2 aliphatic heterocycles. The molecule has 0 aromatic heterocycles. The van der Waals surface area contributed by atoms with Crippen molar-refractivity contribution in [1.29, 1.82) is 0 Å². The second kappa shape index (κ2) is 8.20. The molecular formula is C24H17ClFN3O3S. The first-order chi connectivity index (χ1) is 15.9. The van der Waals surface area contributed by atoms with Crippen molar-refractivity contribution in [3.63, 3.8) is 0 Å². The fourth-order valence-corrected chi connectivity index (χ4v) is 5.75. The van der Waals surface area contributed by atoms with Gasteiger partial charge in [0.05, 0.1) is 11.4 Å². The van der Waals surface area contributed by atoms with E-state index in [1.165, 1.54) is 45.8 Å². The van der Waals surface area contributed by atoms with Gasteiger partial charge in [0.2, 0.25) is 16.7 Å².